The fraction of sp³-hybridized carbons (Fsp3) is 0.778. The van der Waals surface area contributed by atoms with Gasteiger partial charge in [-0.25, -0.2) is 4.79 Å². The monoisotopic (exact) mass is 262 g/mol. The molecule has 0 N–H and O–H groups in total. The van der Waals surface area contributed by atoms with E-state index in [0.717, 1.165) is 0 Å². The molecule has 14 heavy (non-hydrogen) atoms. The average molecular weight is 263 g/mol. The van der Waals surface area contributed by atoms with E-state index < -0.39 is 0 Å². The summed E-state index contributed by atoms with van der Waals surface area (Å²) >= 11 is 3.08. The Bertz CT molecular complexity index is 266. The fourth-order valence-electron chi connectivity index (χ4n) is 1.49. The molecule has 80 valence electrons. The second-order valence-electron chi connectivity index (χ2n) is 4.18. The molecule has 0 aromatic rings. The van der Waals surface area contributed by atoms with E-state index in [1.165, 1.54) is 0 Å². The zero-order chi connectivity index (χ0) is 10.9. The van der Waals surface area contributed by atoms with Gasteiger partial charge in [-0.1, -0.05) is 15.9 Å². The van der Waals surface area contributed by atoms with Crippen molar-refractivity contribution in [2.75, 3.05) is 25.5 Å². The van der Waals surface area contributed by atoms with Gasteiger partial charge in [-0.3, -0.25) is 4.79 Å². The average Bonchev–Trinajstić information content (AvgIpc) is 2.30. The molecule has 1 aliphatic heterocycles. The number of amides is 2. The lowest BCUT2D eigenvalue weighted by Crippen LogP contribution is -2.38. The number of carbonyl (C=O) groups excluding carboxylic acids is 2. The van der Waals surface area contributed by atoms with Gasteiger partial charge in [0.15, 0.2) is 5.78 Å². The van der Waals surface area contributed by atoms with Gasteiger partial charge in [0, 0.05) is 13.6 Å². The minimum Gasteiger partial charge on any atom is -0.321 e. The summed E-state index contributed by atoms with van der Waals surface area (Å²) in [5.74, 6) is 0.0319. The maximum Gasteiger partial charge on any atom is 0.320 e. The summed E-state index contributed by atoms with van der Waals surface area (Å²) < 4.78 is 0. The van der Waals surface area contributed by atoms with Gasteiger partial charge in [-0.2, -0.15) is 0 Å². The highest BCUT2D eigenvalue weighted by Gasteiger charge is 2.40. The molecule has 4 nitrogen and oxygen atoms in total. The Morgan fingerprint density at radius 1 is 1.57 bits per heavy atom. The summed E-state index contributed by atoms with van der Waals surface area (Å²) in [6, 6.07) is -0.0655. The first-order valence-electron chi connectivity index (χ1n) is 4.49. The van der Waals surface area contributed by atoms with Gasteiger partial charge in [0.25, 0.3) is 0 Å². The number of nitrogens with zero attached hydrogens (tertiary/aromatic N) is 2. The van der Waals surface area contributed by atoms with Crippen LogP contribution in [0.2, 0.25) is 0 Å². The van der Waals surface area contributed by atoms with Crippen LogP contribution in [0.25, 0.3) is 0 Å². The van der Waals surface area contributed by atoms with Crippen molar-refractivity contribution in [3.63, 3.8) is 0 Å². The largest absolute Gasteiger partial charge is 0.321 e. The second-order valence-corrected chi connectivity index (χ2v) is 4.74. The molecule has 0 aromatic carbocycles. The molecule has 0 spiro atoms. The molecule has 0 aromatic heterocycles. The van der Waals surface area contributed by atoms with Gasteiger partial charge in [-0.15, -0.1) is 0 Å². The van der Waals surface area contributed by atoms with Crippen LogP contribution in [-0.2, 0) is 4.79 Å². The molecule has 1 aliphatic rings. The summed E-state index contributed by atoms with van der Waals surface area (Å²) in [6.07, 6.45) is 0. The molecule has 1 heterocycles. The highest BCUT2D eigenvalue weighted by atomic mass is 79.9. The van der Waals surface area contributed by atoms with Gasteiger partial charge in [0.05, 0.1) is 17.4 Å². The van der Waals surface area contributed by atoms with E-state index in [2.05, 4.69) is 15.9 Å². The van der Waals surface area contributed by atoms with Crippen molar-refractivity contribution in [2.24, 2.45) is 0 Å². The molecule has 0 saturated carbocycles. The van der Waals surface area contributed by atoms with Crippen LogP contribution in [-0.4, -0.2) is 52.6 Å². The third-order valence-corrected chi connectivity index (χ3v) is 3.18. The summed E-state index contributed by atoms with van der Waals surface area (Å²) in [7, 11) is 1.76. The van der Waals surface area contributed by atoms with E-state index in [4.69, 9.17) is 0 Å². The Hall–Kier alpha value is -0.580. The van der Waals surface area contributed by atoms with Crippen molar-refractivity contribution in [3.05, 3.63) is 0 Å². The zero-order valence-electron chi connectivity index (χ0n) is 8.71. The number of likely N-dealkylation sites (N-methyl/N-ethyl adjacent to an activating group) is 1. The molecule has 0 aliphatic carbocycles. The van der Waals surface area contributed by atoms with Crippen LogP contribution in [0, 0.1) is 0 Å². The fourth-order valence-corrected chi connectivity index (χ4v) is 1.67. The van der Waals surface area contributed by atoms with Crippen molar-refractivity contribution < 1.29 is 9.59 Å². The first-order valence-corrected chi connectivity index (χ1v) is 5.61. The Morgan fingerprint density at radius 3 is 2.50 bits per heavy atom. The maximum absolute atomic E-state index is 11.7. The molecule has 2 amide bonds. The van der Waals surface area contributed by atoms with Gasteiger partial charge < -0.3 is 9.80 Å². The number of carbonyl (C=O) groups is 2. The summed E-state index contributed by atoms with van der Waals surface area (Å²) in [5.41, 5.74) is -0.177. The molecule has 0 atom stereocenters. The van der Waals surface area contributed by atoms with Crippen LogP contribution >= 0.6 is 15.9 Å². The lowest BCUT2D eigenvalue weighted by molar-refractivity contribution is -0.117. The maximum atomic E-state index is 11.7. The van der Waals surface area contributed by atoms with Crippen molar-refractivity contribution in [2.45, 2.75) is 19.4 Å². The van der Waals surface area contributed by atoms with Crippen molar-refractivity contribution in [1.29, 1.82) is 0 Å². The van der Waals surface area contributed by atoms with Crippen LogP contribution in [0.3, 0.4) is 0 Å². The molecular weight excluding hydrogens is 248 g/mol. The highest BCUT2D eigenvalue weighted by Crippen LogP contribution is 2.23. The van der Waals surface area contributed by atoms with Crippen LogP contribution in [0.5, 0.6) is 0 Å². The first kappa shape index (κ1) is 11.5. The summed E-state index contributed by atoms with van der Waals surface area (Å²) in [5, 5.41) is 0.306. The number of alkyl halides is 1. The Balaban J connectivity index is 2.67. The van der Waals surface area contributed by atoms with E-state index in [0.29, 0.717) is 11.9 Å². The Kier molecular flexibility index (Phi) is 3.19. The molecule has 5 heteroatoms. The van der Waals surface area contributed by atoms with E-state index in [-0.39, 0.29) is 23.9 Å². The quantitative estimate of drug-likeness (QED) is 0.715. The van der Waals surface area contributed by atoms with Crippen LogP contribution < -0.4 is 0 Å². The van der Waals surface area contributed by atoms with Crippen molar-refractivity contribution in [3.8, 4) is 0 Å². The Morgan fingerprint density at radius 2 is 2.14 bits per heavy atom. The molecular formula is C9H15BrN2O2. The lowest BCUT2D eigenvalue weighted by Gasteiger charge is -2.24. The van der Waals surface area contributed by atoms with E-state index in [9.17, 15) is 9.59 Å². The van der Waals surface area contributed by atoms with Crippen molar-refractivity contribution >= 4 is 27.7 Å². The lowest BCUT2D eigenvalue weighted by atomic mass is 10.1. The smallest absolute Gasteiger partial charge is 0.320 e. The van der Waals surface area contributed by atoms with E-state index in [1.807, 2.05) is 13.8 Å². The zero-order valence-corrected chi connectivity index (χ0v) is 10.3. The second kappa shape index (κ2) is 3.88. The van der Waals surface area contributed by atoms with Gasteiger partial charge in [0.2, 0.25) is 0 Å². The third kappa shape index (κ3) is 2.08. The highest BCUT2D eigenvalue weighted by molar-refractivity contribution is 9.09. The molecule has 0 radical (unpaired) electrons. The minimum absolute atomic E-state index is 0.0319. The predicted molar refractivity (Wildman–Crippen MR) is 57.6 cm³/mol. The van der Waals surface area contributed by atoms with Gasteiger partial charge >= 0.3 is 6.03 Å². The number of hydrogen-bond donors (Lipinski definition) is 0. The van der Waals surface area contributed by atoms with Gasteiger partial charge in [0.1, 0.15) is 0 Å². The Labute approximate surface area is 92.4 Å². The number of urea groups is 1. The predicted octanol–water partition coefficient (Wildman–Crippen LogP) is 1.10. The van der Waals surface area contributed by atoms with E-state index >= 15 is 0 Å². The van der Waals surface area contributed by atoms with Crippen molar-refractivity contribution in [1.82, 2.24) is 9.80 Å². The number of hydrogen-bond acceptors (Lipinski definition) is 2. The summed E-state index contributed by atoms with van der Waals surface area (Å²) in [4.78, 5) is 26.1. The van der Waals surface area contributed by atoms with Crippen LogP contribution in [0.1, 0.15) is 13.8 Å². The minimum atomic E-state index is -0.177. The number of halogens is 1. The van der Waals surface area contributed by atoms with Crippen LogP contribution in [0.15, 0.2) is 0 Å². The van der Waals surface area contributed by atoms with Crippen LogP contribution in [0.4, 0.5) is 4.79 Å². The summed E-state index contributed by atoms with van der Waals surface area (Å²) in [6.45, 7) is 4.80. The van der Waals surface area contributed by atoms with E-state index in [1.54, 1.807) is 16.8 Å². The number of ketones is 1. The number of rotatable bonds is 3. The standard InChI is InChI=1S/C9H15BrN2O2/c1-9(2)6-12(5-7(13)4-10)8(14)11(9)3/h4-6H2,1-3H3. The topological polar surface area (TPSA) is 40.6 Å². The third-order valence-electron chi connectivity index (χ3n) is 2.56. The normalized spacial score (nSPS) is 20.4. The molecule has 1 fully saturated rings. The SMILES string of the molecule is CN1C(=O)N(CC(=O)CBr)CC1(C)C. The van der Waals surface area contributed by atoms with Gasteiger partial charge in [-0.05, 0) is 13.8 Å². The first-order chi connectivity index (χ1) is 6.38. The molecule has 0 unspecified atom stereocenters. The molecule has 0 bridgehead atoms. The number of Topliss-reactive ketones (excluding diaryl/α,β-unsaturated/α-hetero) is 1. The molecule has 1 rings (SSSR count). The molecule has 1 saturated heterocycles.